The topological polar surface area (TPSA) is 40.5 Å². The van der Waals surface area contributed by atoms with Gasteiger partial charge in [0, 0.05) is 5.56 Å². The molecule has 1 aromatic rings. The number of hydrogen-bond donors (Lipinski definition) is 1. The molecule has 0 aliphatic carbocycles. The van der Waals surface area contributed by atoms with Crippen molar-refractivity contribution in [2.75, 3.05) is 13.1 Å². The molecule has 1 N–H and O–H groups in total. The average Bonchev–Trinajstić information content (AvgIpc) is 2.43. The highest BCUT2D eigenvalue weighted by atomic mass is 19.1. The molecule has 0 spiro atoms. The lowest BCUT2D eigenvalue weighted by Crippen LogP contribution is -2.48. The van der Waals surface area contributed by atoms with Crippen LogP contribution in [-0.4, -0.2) is 29.1 Å². The standard InChI is InChI=1S/C16H21F2NO2/c1-11-8-14(18)12(9-13(11)17)16(2,10-15(20)21)19-6-4-3-5-7-19/h8-9H,3-7,10H2,1-2H3,(H,20,21). The maximum absolute atomic E-state index is 14.3. The van der Waals surface area contributed by atoms with Crippen LogP contribution in [0.15, 0.2) is 12.1 Å². The van der Waals surface area contributed by atoms with Gasteiger partial charge in [0.25, 0.3) is 0 Å². The Balaban J connectivity index is 2.48. The molecule has 1 aliphatic heterocycles. The van der Waals surface area contributed by atoms with Crippen molar-refractivity contribution < 1.29 is 18.7 Å². The predicted octanol–water partition coefficient (Wildman–Crippen LogP) is 3.45. The number of aliphatic carboxylic acids is 1. The van der Waals surface area contributed by atoms with Crippen molar-refractivity contribution in [3.8, 4) is 0 Å². The van der Waals surface area contributed by atoms with E-state index in [4.69, 9.17) is 0 Å². The molecule has 0 saturated carbocycles. The molecule has 2 rings (SSSR count). The third-order valence-electron chi connectivity index (χ3n) is 4.38. The molecule has 21 heavy (non-hydrogen) atoms. The summed E-state index contributed by atoms with van der Waals surface area (Å²) in [4.78, 5) is 13.2. The Morgan fingerprint density at radius 2 is 1.86 bits per heavy atom. The second kappa shape index (κ2) is 6.10. The molecule has 1 fully saturated rings. The van der Waals surface area contributed by atoms with E-state index in [1.165, 1.54) is 6.92 Å². The molecule has 116 valence electrons. The minimum absolute atomic E-state index is 0.134. The van der Waals surface area contributed by atoms with E-state index in [2.05, 4.69) is 0 Å². The Hall–Kier alpha value is -1.49. The lowest BCUT2D eigenvalue weighted by molar-refractivity contribution is -0.140. The molecule has 0 aromatic heterocycles. The summed E-state index contributed by atoms with van der Waals surface area (Å²) in [5, 5.41) is 9.21. The van der Waals surface area contributed by atoms with Crippen LogP contribution in [0.4, 0.5) is 8.78 Å². The van der Waals surface area contributed by atoms with Gasteiger partial charge < -0.3 is 5.11 Å². The van der Waals surface area contributed by atoms with Gasteiger partial charge in [0.2, 0.25) is 0 Å². The van der Waals surface area contributed by atoms with Gasteiger partial charge in [-0.05, 0) is 57.5 Å². The molecule has 0 radical (unpaired) electrons. The van der Waals surface area contributed by atoms with Gasteiger partial charge in [0.1, 0.15) is 11.6 Å². The normalized spacial score (nSPS) is 19.2. The van der Waals surface area contributed by atoms with Gasteiger partial charge in [0.15, 0.2) is 0 Å². The minimum Gasteiger partial charge on any atom is -0.481 e. The first-order valence-electron chi connectivity index (χ1n) is 7.27. The number of carboxylic acids is 1. The van der Waals surface area contributed by atoms with Crippen LogP contribution in [0.3, 0.4) is 0 Å². The van der Waals surface area contributed by atoms with Crippen molar-refractivity contribution in [1.29, 1.82) is 0 Å². The molecular weight excluding hydrogens is 276 g/mol. The summed E-state index contributed by atoms with van der Waals surface area (Å²) >= 11 is 0. The number of likely N-dealkylation sites (tertiary alicyclic amines) is 1. The number of halogens is 2. The predicted molar refractivity (Wildman–Crippen MR) is 76.1 cm³/mol. The van der Waals surface area contributed by atoms with Crippen molar-refractivity contribution in [3.05, 3.63) is 34.9 Å². The maximum atomic E-state index is 14.3. The van der Waals surface area contributed by atoms with Crippen LogP contribution < -0.4 is 0 Å². The fourth-order valence-electron chi connectivity index (χ4n) is 3.12. The quantitative estimate of drug-likeness (QED) is 0.925. The van der Waals surface area contributed by atoms with E-state index >= 15 is 0 Å². The van der Waals surface area contributed by atoms with Crippen LogP contribution in [-0.2, 0) is 10.3 Å². The number of rotatable bonds is 4. The second-order valence-corrected chi connectivity index (χ2v) is 5.97. The number of carboxylic acid groups (broad SMARTS) is 1. The van der Waals surface area contributed by atoms with Crippen LogP contribution in [0.2, 0.25) is 0 Å². The maximum Gasteiger partial charge on any atom is 0.305 e. The van der Waals surface area contributed by atoms with Gasteiger partial charge in [-0.15, -0.1) is 0 Å². The van der Waals surface area contributed by atoms with E-state index in [1.54, 1.807) is 6.92 Å². The van der Waals surface area contributed by atoms with Gasteiger partial charge in [-0.2, -0.15) is 0 Å². The van der Waals surface area contributed by atoms with Crippen LogP contribution in [0.25, 0.3) is 0 Å². The molecule has 0 bridgehead atoms. The van der Waals surface area contributed by atoms with Crippen LogP contribution in [0.5, 0.6) is 0 Å². The van der Waals surface area contributed by atoms with Gasteiger partial charge in [0.05, 0.1) is 12.0 Å². The van der Waals surface area contributed by atoms with E-state index in [1.807, 2.05) is 4.90 Å². The van der Waals surface area contributed by atoms with Crippen LogP contribution in [0, 0.1) is 18.6 Å². The second-order valence-electron chi connectivity index (χ2n) is 5.97. The number of benzene rings is 1. The molecule has 1 aliphatic rings. The van der Waals surface area contributed by atoms with Gasteiger partial charge >= 0.3 is 5.97 Å². The van der Waals surface area contributed by atoms with Gasteiger partial charge in [-0.1, -0.05) is 6.42 Å². The van der Waals surface area contributed by atoms with Crippen molar-refractivity contribution in [3.63, 3.8) is 0 Å². The number of piperidine rings is 1. The fourth-order valence-corrected chi connectivity index (χ4v) is 3.12. The van der Waals surface area contributed by atoms with E-state index < -0.39 is 23.1 Å². The molecule has 1 aromatic carbocycles. The molecule has 1 heterocycles. The molecule has 0 amide bonds. The number of hydrogen-bond acceptors (Lipinski definition) is 2. The Morgan fingerprint density at radius 3 is 2.43 bits per heavy atom. The van der Waals surface area contributed by atoms with Gasteiger partial charge in [-0.25, -0.2) is 8.78 Å². The Bertz CT molecular complexity index is 541. The molecular formula is C16H21F2NO2. The monoisotopic (exact) mass is 297 g/mol. The van der Waals surface area contributed by atoms with Crippen molar-refractivity contribution in [2.24, 2.45) is 0 Å². The Labute approximate surface area is 123 Å². The molecule has 5 heteroatoms. The zero-order valence-electron chi connectivity index (χ0n) is 12.5. The van der Waals surface area contributed by atoms with E-state index in [9.17, 15) is 18.7 Å². The summed E-state index contributed by atoms with van der Waals surface area (Å²) in [7, 11) is 0. The summed E-state index contributed by atoms with van der Waals surface area (Å²) in [6.07, 6.45) is 2.74. The van der Waals surface area contributed by atoms with E-state index in [-0.39, 0.29) is 17.5 Å². The summed E-state index contributed by atoms with van der Waals surface area (Å²) in [5.41, 5.74) is -0.660. The van der Waals surface area contributed by atoms with Crippen LogP contribution in [0.1, 0.15) is 43.7 Å². The average molecular weight is 297 g/mol. The minimum atomic E-state index is -1.02. The third kappa shape index (κ3) is 3.23. The fraction of sp³-hybridized carbons (Fsp3) is 0.562. The summed E-state index contributed by atoms with van der Waals surface area (Å²) < 4.78 is 28.2. The Kier molecular flexibility index (Phi) is 4.61. The summed E-state index contributed by atoms with van der Waals surface area (Å²) in [6, 6.07) is 2.30. The van der Waals surface area contributed by atoms with Gasteiger partial charge in [-0.3, -0.25) is 9.69 Å². The zero-order valence-corrected chi connectivity index (χ0v) is 12.5. The molecule has 1 unspecified atom stereocenters. The highest BCUT2D eigenvalue weighted by molar-refractivity contribution is 5.69. The van der Waals surface area contributed by atoms with Crippen molar-refractivity contribution in [1.82, 2.24) is 4.90 Å². The van der Waals surface area contributed by atoms with E-state index in [0.717, 1.165) is 31.4 Å². The van der Waals surface area contributed by atoms with Crippen molar-refractivity contribution >= 4 is 5.97 Å². The first kappa shape index (κ1) is 15.9. The molecule has 3 nitrogen and oxygen atoms in total. The summed E-state index contributed by atoms with van der Waals surface area (Å²) in [5.74, 6) is -2.05. The number of carbonyl (C=O) groups is 1. The van der Waals surface area contributed by atoms with E-state index in [0.29, 0.717) is 13.1 Å². The SMILES string of the molecule is Cc1cc(F)c(C(C)(CC(=O)O)N2CCCCC2)cc1F. The number of aryl methyl sites for hydroxylation is 1. The number of nitrogens with zero attached hydrogens (tertiary/aromatic N) is 1. The largest absolute Gasteiger partial charge is 0.481 e. The van der Waals surface area contributed by atoms with Crippen LogP contribution >= 0.6 is 0 Å². The van der Waals surface area contributed by atoms with Crippen molar-refractivity contribution in [2.45, 2.75) is 45.1 Å². The third-order valence-corrected chi connectivity index (χ3v) is 4.38. The highest BCUT2D eigenvalue weighted by Gasteiger charge is 2.39. The highest BCUT2D eigenvalue weighted by Crippen LogP contribution is 2.36. The Morgan fingerprint density at radius 1 is 1.24 bits per heavy atom. The molecule has 1 atom stereocenters. The summed E-state index contributed by atoms with van der Waals surface area (Å²) in [6.45, 7) is 4.61. The zero-order chi connectivity index (χ0) is 15.6. The smallest absolute Gasteiger partial charge is 0.305 e. The first-order valence-corrected chi connectivity index (χ1v) is 7.27. The lowest BCUT2D eigenvalue weighted by atomic mass is 9.84. The first-order chi connectivity index (χ1) is 9.84. The molecule has 1 saturated heterocycles. The lowest BCUT2D eigenvalue weighted by Gasteiger charge is -2.43.